The van der Waals surface area contributed by atoms with Crippen LogP contribution in [0, 0.1) is 31.6 Å². The largest absolute Gasteiger partial charge is 0.456 e. The zero-order valence-corrected chi connectivity index (χ0v) is 17.3. The highest BCUT2D eigenvalue weighted by atomic mass is 35.5. The van der Waals surface area contributed by atoms with E-state index < -0.39 is 21.4 Å². The summed E-state index contributed by atoms with van der Waals surface area (Å²) >= 11 is 11.5. The Morgan fingerprint density at radius 3 is 2.41 bits per heavy atom. The molecule has 3 aromatic rings. The average Bonchev–Trinajstić information content (AvgIpc) is 3.21. The number of halogens is 2. The maximum Gasteiger partial charge on any atom is 0.289 e. The Hall–Kier alpha value is -4.20. The third-order valence-corrected chi connectivity index (χ3v) is 4.66. The van der Waals surface area contributed by atoms with Crippen LogP contribution in [0.4, 0.5) is 17.1 Å². The van der Waals surface area contributed by atoms with E-state index in [2.05, 4.69) is 5.32 Å². The Morgan fingerprint density at radius 1 is 1.03 bits per heavy atom. The SMILES string of the molecule is N#C/C(=C\c1ccc(-c2ccc(Cl)cc2[N+](=O)[O-])o1)C(=O)Nc1ccc(Cl)c([N+](=O)[O-])c1. The standard InChI is InChI=1S/C20H10Cl2N4O6/c21-12-1-4-15(17(8-12)25(28)29)19-6-3-14(32-19)7-11(10-23)20(27)24-13-2-5-16(22)18(9-13)26(30)31/h1-9H,(H,24,27)/b11-7+. The van der Waals surface area contributed by atoms with E-state index in [4.69, 9.17) is 27.6 Å². The minimum atomic E-state index is -0.848. The molecule has 1 N–H and O–H groups in total. The molecule has 10 nitrogen and oxygen atoms in total. The van der Waals surface area contributed by atoms with Crippen molar-refractivity contribution in [3.05, 3.63) is 90.1 Å². The lowest BCUT2D eigenvalue weighted by Gasteiger charge is -2.04. The van der Waals surface area contributed by atoms with E-state index in [1.807, 2.05) is 0 Å². The molecule has 0 aliphatic rings. The van der Waals surface area contributed by atoms with E-state index in [0.717, 1.165) is 12.1 Å². The van der Waals surface area contributed by atoms with Crippen LogP contribution in [-0.2, 0) is 4.79 Å². The van der Waals surface area contributed by atoms with Crippen molar-refractivity contribution in [2.45, 2.75) is 0 Å². The second-order valence-corrected chi connectivity index (χ2v) is 7.01. The minimum Gasteiger partial charge on any atom is -0.456 e. The van der Waals surface area contributed by atoms with Gasteiger partial charge in [-0.05, 0) is 36.4 Å². The van der Waals surface area contributed by atoms with Gasteiger partial charge in [0.05, 0.1) is 15.4 Å². The second kappa shape index (κ2) is 9.30. The van der Waals surface area contributed by atoms with Crippen LogP contribution in [0.25, 0.3) is 17.4 Å². The monoisotopic (exact) mass is 472 g/mol. The molecule has 1 heterocycles. The van der Waals surface area contributed by atoms with Crippen LogP contribution in [-0.4, -0.2) is 15.8 Å². The summed E-state index contributed by atoms with van der Waals surface area (Å²) in [6.07, 6.45) is 1.13. The van der Waals surface area contributed by atoms with Gasteiger partial charge in [0.2, 0.25) is 0 Å². The van der Waals surface area contributed by atoms with Gasteiger partial charge in [-0.25, -0.2) is 0 Å². The summed E-state index contributed by atoms with van der Waals surface area (Å²) in [4.78, 5) is 33.4. The zero-order valence-electron chi connectivity index (χ0n) is 15.7. The first-order valence-corrected chi connectivity index (χ1v) is 9.36. The van der Waals surface area contributed by atoms with Crippen molar-refractivity contribution in [3.8, 4) is 17.4 Å². The molecule has 0 aliphatic heterocycles. The third-order valence-electron chi connectivity index (χ3n) is 4.10. The van der Waals surface area contributed by atoms with Gasteiger partial charge in [-0.2, -0.15) is 5.26 Å². The predicted octanol–water partition coefficient (Wildman–Crippen LogP) is 5.62. The van der Waals surface area contributed by atoms with Crippen molar-refractivity contribution in [1.82, 2.24) is 0 Å². The zero-order chi connectivity index (χ0) is 23.4. The van der Waals surface area contributed by atoms with E-state index in [-0.39, 0.29) is 44.1 Å². The molecule has 0 radical (unpaired) electrons. The number of hydrogen-bond donors (Lipinski definition) is 1. The van der Waals surface area contributed by atoms with Crippen LogP contribution >= 0.6 is 23.2 Å². The van der Waals surface area contributed by atoms with E-state index in [1.54, 1.807) is 6.07 Å². The fourth-order valence-corrected chi connectivity index (χ4v) is 3.01. The lowest BCUT2D eigenvalue weighted by molar-refractivity contribution is -0.384. The molecule has 0 fully saturated rings. The Kier molecular flexibility index (Phi) is 6.53. The Labute approximate surface area is 189 Å². The van der Waals surface area contributed by atoms with Gasteiger partial charge in [-0.3, -0.25) is 25.0 Å². The van der Waals surface area contributed by atoms with E-state index >= 15 is 0 Å². The first kappa shape index (κ1) is 22.5. The number of rotatable bonds is 6. The molecule has 160 valence electrons. The number of nitro benzene ring substituents is 2. The number of amides is 1. The van der Waals surface area contributed by atoms with Crippen LogP contribution in [0.5, 0.6) is 0 Å². The van der Waals surface area contributed by atoms with Gasteiger partial charge >= 0.3 is 0 Å². The summed E-state index contributed by atoms with van der Waals surface area (Å²) in [7, 11) is 0. The fourth-order valence-electron chi connectivity index (χ4n) is 2.66. The highest BCUT2D eigenvalue weighted by Crippen LogP contribution is 2.34. The highest BCUT2D eigenvalue weighted by Gasteiger charge is 2.20. The van der Waals surface area contributed by atoms with Crippen LogP contribution in [0.15, 0.2) is 58.5 Å². The minimum absolute atomic E-state index is 0.0594. The van der Waals surface area contributed by atoms with Gasteiger partial charge in [-0.1, -0.05) is 23.2 Å². The number of nitro groups is 2. The van der Waals surface area contributed by atoms with Crippen LogP contribution < -0.4 is 5.32 Å². The smallest absolute Gasteiger partial charge is 0.289 e. The number of nitrogens with zero attached hydrogens (tertiary/aromatic N) is 3. The van der Waals surface area contributed by atoms with Crippen molar-refractivity contribution in [1.29, 1.82) is 5.26 Å². The second-order valence-electron chi connectivity index (χ2n) is 6.17. The predicted molar refractivity (Wildman–Crippen MR) is 116 cm³/mol. The van der Waals surface area contributed by atoms with Crippen molar-refractivity contribution in [2.24, 2.45) is 0 Å². The van der Waals surface area contributed by atoms with Crippen molar-refractivity contribution < 1.29 is 19.1 Å². The van der Waals surface area contributed by atoms with Crippen molar-refractivity contribution >= 4 is 52.2 Å². The summed E-state index contributed by atoms with van der Waals surface area (Å²) in [5.41, 5.74) is -0.828. The lowest BCUT2D eigenvalue weighted by Crippen LogP contribution is -2.13. The molecule has 2 aromatic carbocycles. The number of carbonyl (C=O) groups excluding carboxylic acids is 1. The molecule has 0 saturated heterocycles. The molecule has 0 bridgehead atoms. The molecular formula is C20H10Cl2N4O6. The Balaban J connectivity index is 1.87. The molecule has 0 atom stereocenters. The maximum atomic E-state index is 12.4. The molecule has 12 heteroatoms. The van der Waals surface area contributed by atoms with Gasteiger partial charge in [-0.15, -0.1) is 0 Å². The van der Waals surface area contributed by atoms with E-state index in [9.17, 15) is 30.3 Å². The van der Waals surface area contributed by atoms with Crippen LogP contribution in [0.1, 0.15) is 5.76 Å². The summed E-state index contributed by atoms with van der Waals surface area (Å²) < 4.78 is 5.54. The summed E-state index contributed by atoms with van der Waals surface area (Å²) in [6, 6.07) is 12.3. The first-order chi connectivity index (χ1) is 15.2. The summed E-state index contributed by atoms with van der Waals surface area (Å²) in [5.74, 6) is -0.636. The van der Waals surface area contributed by atoms with Gasteiger partial charge in [0, 0.05) is 28.9 Å². The lowest BCUT2D eigenvalue weighted by atomic mass is 10.1. The summed E-state index contributed by atoms with van der Waals surface area (Å²) in [6.45, 7) is 0. The average molecular weight is 473 g/mol. The molecule has 32 heavy (non-hydrogen) atoms. The van der Waals surface area contributed by atoms with Gasteiger partial charge in [0.1, 0.15) is 28.2 Å². The Morgan fingerprint density at radius 2 is 1.75 bits per heavy atom. The number of furan rings is 1. The van der Waals surface area contributed by atoms with Gasteiger partial charge in [0.25, 0.3) is 17.3 Å². The number of nitrogens with one attached hydrogen (secondary N) is 1. The molecular weight excluding hydrogens is 463 g/mol. The maximum absolute atomic E-state index is 12.4. The van der Waals surface area contributed by atoms with Crippen LogP contribution in [0.2, 0.25) is 10.0 Å². The molecule has 0 aliphatic carbocycles. The molecule has 0 unspecified atom stereocenters. The number of hydrogen-bond acceptors (Lipinski definition) is 7. The Bertz CT molecular complexity index is 1330. The van der Waals surface area contributed by atoms with Crippen molar-refractivity contribution in [3.63, 3.8) is 0 Å². The summed E-state index contributed by atoms with van der Waals surface area (Å²) in [5, 5.41) is 34.0. The quantitative estimate of drug-likeness (QED) is 0.211. The molecule has 1 aromatic heterocycles. The molecule has 0 spiro atoms. The topological polar surface area (TPSA) is 152 Å². The fraction of sp³-hybridized carbons (Fsp3) is 0. The number of benzene rings is 2. The van der Waals surface area contributed by atoms with Crippen LogP contribution in [0.3, 0.4) is 0 Å². The highest BCUT2D eigenvalue weighted by molar-refractivity contribution is 6.32. The molecule has 1 amide bonds. The van der Waals surface area contributed by atoms with Crippen molar-refractivity contribution in [2.75, 3.05) is 5.32 Å². The van der Waals surface area contributed by atoms with E-state index in [1.165, 1.54) is 42.5 Å². The number of anilines is 1. The van der Waals surface area contributed by atoms with E-state index in [0.29, 0.717) is 0 Å². The van der Waals surface area contributed by atoms with Gasteiger partial charge in [0.15, 0.2) is 0 Å². The molecule has 0 saturated carbocycles. The number of carbonyl (C=O) groups is 1. The number of nitriles is 1. The van der Waals surface area contributed by atoms with Gasteiger partial charge < -0.3 is 9.73 Å². The third kappa shape index (κ3) is 4.92. The normalized spacial score (nSPS) is 11.0. The molecule has 3 rings (SSSR count). The first-order valence-electron chi connectivity index (χ1n) is 8.61.